The van der Waals surface area contributed by atoms with E-state index in [9.17, 15) is 4.79 Å². The predicted molar refractivity (Wildman–Crippen MR) is 75.6 cm³/mol. The number of carbonyl (C=O) groups excluding carboxylic acids is 1. The number of carbonyl (C=O) groups is 1. The monoisotopic (exact) mass is 270 g/mol. The Labute approximate surface area is 118 Å². The second-order valence-electron chi connectivity index (χ2n) is 5.31. The van der Waals surface area contributed by atoms with Crippen molar-refractivity contribution in [1.29, 1.82) is 0 Å². The summed E-state index contributed by atoms with van der Waals surface area (Å²) in [6.45, 7) is 2.22. The number of hydrogen-bond donors (Lipinski definition) is 0. The lowest BCUT2D eigenvalue weighted by atomic mass is 9.80. The van der Waals surface area contributed by atoms with Gasteiger partial charge in [0.05, 0.1) is 13.2 Å². The standard InChI is InChI=1S/C16H18N2O2/c1-11-7-8-12-5-3-4-6-13(12)14(11)18-10-9-17-15(18)16(19)20-2/h3-6,9-11,14H,7-8H2,1-2H3/t11?,14-/m0/s1. The largest absolute Gasteiger partial charge is 0.463 e. The molecule has 0 saturated carbocycles. The highest BCUT2D eigenvalue weighted by Gasteiger charge is 2.30. The van der Waals surface area contributed by atoms with Gasteiger partial charge in [-0.15, -0.1) is 0 Å². The van der Waals surface area contributed by atoms with E-state index in [0.29, 0.717) is 11.7 Å². The second-order valence-corrected chi connectivity index (χ2v) is 5.31. The molecule has 1 unspecified atom stereocenters. The first-order chi connectivity index (χ1) is 9.72. The van der Waals surface area contributed by atoms with Crippen molar-refractivity contribution in [3.8, 4) is 0 Å². The van der Waals surface area contributed by atoms with E-state index in [2.05, 4.69) is 36.2 Å². The van der Waals surface area contributed by atoms with Crippen molar-refractivity contribution >= 4 is 5.97 Å². The molecule has 3 rings (SSSR count). The van der Waals surface area contributed by atoms with Gasteiger partial charge in [0.1, 0.15) is 0 Å². The summed E-state index contributed by atoms with van der Waals surface area (Å²) in [5.74, 6) is 0.453. The van der Waals surface area contributed by atoms with Crippen LogP contribution < -0.4 is 0 Å². The molecule has 0 aliphatic heterocycles. The van der Waals surface area contributed by atoms with Gasteiger partial charge in [0, 0.05) is 12.4 Å². The first-order valence-corrected chi connectivity index (χ1v) is 6.91. The minimum atomic E-state index is -0.384. The van der Waals surface area contributed by atoms with Gasteiger partial charge in [-0.25, -0.2) is 9.78 Å². The molecule has 4 nitrogen and oxygen atoms in total. The summed E-state index contributed by atoms with van der Waals surface area (Å²) < 4.78 is 6.78. The van der Waals surface area contributed by atoms with E-state index in [4.69, 9.17) is 4.74 Å². The van der Waals surface area contributed by atoms with Crippen LogP contribution in [-0.2, 0) is 11.2 Å². The summed E-state index contributed by atoms with van der Waals surface area (Å²) >= 11 is 0. The van der Waals surface area contributed by atoms with Crippen LogP contribution in [-0.4, -0.2) is 22.6 Å². The maximum Gasteiger partial charge on any atom is 0.374 e. The van der Waals surface area contributed by atoms with Crippen molar-refractivity contribution in [2.24, 2.45) is 5.92 Å². The predicted octanol–water partition coefficient (Wildman–Crippen LogP) is 2.84. The van der Waals surface area contributed by atoms with E-state index >= 15 is 0 Å². The van der Waals surface area contributed by atoms with Crippen molar-refractivity contribution < 1.29 is 9.53 Å². The average molecular weight is 270 g/mol. The molecule has 0 bridgehead atoms. The Balaban J connectivity index is 2.10. The molecule has 1 aromatic carbocycles. The molecule has 0 fully saturated rings. The Morgan fingerprint density at radius 3 is 3.00 bits per heavy atom. The Morgan fingerprint density at radius 1 is 1.40 bits per heavy atom. The van der Waals surface area contributed by atoms with Crippen molar-refractivity contribution in [3.63, 3.8) is 0 Å². The van der Waals surface area contributed by atoms with Crippen molar-refractivity contribution in [2.45, 2.75) is 25.8 Å². The molecule has 1 heterocycles. The van der Waals surface area contributed by atoms with Crippen LogP contribution in [0.1, 0.15) is 41.1 Å². The van der Waals surface area contributed by atoms with E-state index in [-0.39, 0.29) is 12.0 Å². The highest BCUT2D eigenvalue weighted by molar-refractivity contribution is 5.85. The smallest absolute Gasteiger partial charge is 0.374 e. The van der Waals surface area contributed by atoms with E-state index < -0.39 is 0 Å². The molecule has 1 aromatic heterocycles. The van der Waals surface area contributed by atoms with Crippen molar-refractivity contribution in [2.75, 3.05) is 7.11 Å². The van der Waals surface area contributed by atoms with Gasteiger partial charge in [0.25, 0.3) is 0 Å². The Bertz CT molecular complexity index is 633. The third kappa shape index (κ3) is 2.01. The first kappa shape index (κ1) is 12.9. The molecule has 0 radical (unpaired) electrons. The number of esters is 1. The zero-order valence-electron chi connectivity index (χ0n) is 11.7. The van der Waals surface area contributed by atoms with Crippen LogP contribution in [0.4, 0.5) is 0 Å². The summed E-state index contributed by atoms with van der Waals surface area (Å²) in [4.78, 5) is 16.0. The number of rotatable bonds is 2. The number of nitrogens with zero attached hydrogens (tertiary/aromatic N) is 2. The van der Waals surface area contributed by atoms with Gasteiger partial charge in [0.15, 0.2) is 0 Å². The quantitative estimate of drug-likeness (QED) is 0.788. The molecule has 1 aliphatic carbocycles. The molecule has 1 aliphatic rings. The fourth-order valence-electron chi connectivity index (χ4n) is 3.11. The van der Waals surface area contributed by atoms with Crippen LogP contribution in [0.5, 0.6) is 0 Å². The lowest BCUT2D eigenvalue weighted by Crippen LogP contribution is -2.27. The molecule has 0 saturated heterocycles. The molecule has 2 aromatic rings. The Kier molecular flexibility index (Phi) is 3.30. The Hall–Kier alpha value is -2.10. The van der Waals surface area contributed by atoms with Crippen LogP contribution in [0.25, 0.3) is 0 Å². The zero-order chi connectivity index (χ0) is 14.1. The highest BCUT2D eigenvalue weighted by Crippen LogP contribution is 2.37. The van der Waals surface area contributed by atoms with Gasteiger partial charge in [-0.1, -0.05) is 31.2 Å². The molecule has 104 valence electrons. The van der Waals surface area contributed by atoms with E-state index in [1.54, 1.807) is 6.20 Å². The van der Waals surface area contributed by atoms with Gasteiger partial charge < -0.3 is 9.30 Å². The second kappa shape index (κ2) is 5.12. The fourth-order valence-corrected chi connectivity index (χ4v) is 3.11. The lowest BCUT2D eigenvalue weighted by Gasteiger charge is -2.33. The van der Waals surface area contributed by atoms with E-state index in [1.165, 1.54) is 18.2 Å². The van der Waals surface area contributed by atoms with Gasteiger partial charge in [-0.3, -0.25) is 0 Å². The summed E-state index contributed by atoms with van der Waals surface area (Å²) in [5.41, 5.74) is 2.65. The van der Waals surface area contributed by atoms with E-state index in [1.807, 2.05) is 10.8 Å². The highest BCUT2D eigenvalue weighted by atomic mass is 16.5. The van der Waals surface area contributed by atoms with Crippen LogP contribution in [0.15, 0.2) is 36.7 Å². The average Bonchev–Trinajstić information content (AvgIpc) is 2.95. The number of aromatic nitrogens is 2. The number of hydrogen-bond acceptors (Lipinski definition) is 3. The van der Waals surface area contributed by atoms with Gasteiger partial charge in [0.2, 0.25) is 5.82 Å². The van der Waals surface area contributed by atoms with Gasteiger partial charge >= 0.3 is 5.97 Å². The molecule has 0 amide bonds. The first-order valence-electron chi connectivity index (χ1n) is 6.91. The number of imidazole rings is 1. The number of aryl methyl sites for hydroxylation is 1. The molecular formula is C16H18N2O2. The zero-order valence-corrected chi connectivity index (χ0v) is 11.7. The molecule has 2 atom stereocenters. The van der Waals surface area contributed by atoms with Crippen molar-refractivity contribution in [1.82, 2.24) is 9.55 Å². The molecule has 20 heavy (non-hydrogen) atoms. The fraction of sp³-hybridized carbons (Fsp3) is 0.375. The number of methoxy groups -OCH3 is 1. The minimum Gasteiger partial charge on any atom is -0.463 e. The number of fused-ring (bicyclic) bond motifs is 1. The molecule has 4 heteroatoms. The number of benzene rings is 1. The topological polar surface area (TPSA) is 44.1 Å². The normalized spacial score (nSPS) is 21.3. The Morgan fingerprint density at radius 2 is 2.20 bits per heavy atom. The van der Waals surface area contributed by atoms with Crippen LogP contribution >= 0.6 is 0 Å². The van der Waals surface area contributed by atoms with Crippen LogP contribution in [0, 0.1) is 5.92 Å². The lowest BCUT2D eigenvalue weighted by molar-refractivity contribution is 0.0577. The summed E-state index contributed by atoms with van der Waals surface area (Å²) in [7, 11) is 1.39. The maximum atomic E-state index is 11.9. The maximum absolute atomic E-state index is 11.9. The van der Waals surface area contributed by atoms with E-state index in [0.717, 1.165) is 12.8 Å². The third-order valence-electron chi connectivity index (χ3n) is 4.12. The minimum absolute atomic E-state index is 0.150. The summed E-state index contributed by atoms with van der Waals surface area (Å²) in [5, 5.41) is 0. The number of ether oxygens (including phenoxy) is 1. The summed E-state index contributed by atoms with van der Waals surface area (Å²) in [6, 6.07) is 8.59. The van der Waals surface area contributed by atoms with Gasteiger partial charge in [-0.05, 0) is 29.9 Å². The van der Waals surface area contributed by atoms with Gasteiger partial charge in [-0.2, -0.15) is 0 Å². The molecular weight excluding hydrogens is 252 g/mol. The van der Waals surface area contributed by atoms with Crippen LogP contribution in [0.2, 0.25) is 0 Å². The van der Waals surface area contributed by atoms with Crippen molar-refractivity contribution in [3.05, 3.63) is 53.6 Å². The molecule has 0 spiro atoms. The third-order valence-corrected chi connectivity index (χ3v) is 4.12. The SMILES string of the molecule is COC(=O)c1nccn1[C@@H]1c2ccccc2CCC1C. The molecule has 0 N–H and O–H groups in total. The van der Waals surface area contributed by atoms with Crippen LogP contribution in [0.3, 0.4) is 0 Å². The summed E-state index contributed by atoms with van der Waals surface area (Å²) in [6.07, 6.45) is 5.74.